The molecule has 0 heterocycles. The van der Waals surface area contributed by atoms with Crippen molar-refractivity contribution in [2.24, 2.45) is 5.92 Å². The Kier molecular flexibility index (Phi) is 8.72. The highest BCUT2D eigenvalue weighted by molar-refractivity contribution is 7.85. The van der Waals surface area contributed by atoms with Crippen LogP contribution in [0.5, 0.6) is 0 Å². The van der Waals surface area contributed by atoms with E-state index in [1.54, 1.807) is 12.1 Å². The lowest BCUT2D eigenvalue weighted by molar-refractivity contribution is -0.119. The minimum absolute atomic E-state index is 0.178. The van der Waals surface area contributed by atoms with E-state index in [2.05, 4.69) is 0 Å². The first-order valence-corrected chi connectivity index (χ1v) is 12.6. The van der Waals surface area contributed by atoms with E-state index < -0.39 is 10.1 Å². The van der Waals surface area contributed by atoms with E-state index in [4.69, 9.17) is 0 Å². The first kappa shape index (κ1) is 21.5. The largest absolute Gasteiger partial charge is 0.744 e. The number of ketones is 1. The zero-order valence-electron chi connectivity index (χ0n) is 15.7. The molecule has 0 aromatic heterocycles. The molecule has 0 saturated heterocycles. The van der Waals surface area contributed by atoms with Crippen LogP contribution in [0.25, 0.3) is 0 Å². The Bertz CT molecular complexity index is 664. The van der Waals surface area contributed by atoms with Crippen LogP contribution in [0, 0.1) is 12.8 Å². The molecule has 3 rings (SSSR count). The van der Waals surface area contributed by atoms with Crippen LogP contribution in [0.15, 0.2) is 29.2 Å². The molecule has 2 saturated carbocycles. The van der Waals surface area contributed by atoms with Crippen LogP contribution >= 0.6 is 8.58 Å². The molecule has 0 radical (unpaired) electrons. The number of carbonyl (C=O) groups excluding carboxylic acids is 1. The summed E-state index contributed by atoms with van der Waals surface area (Å²) < 4.78 is 31.2. The van der Waals surface area contributed by atoms with Gasteiger partial charge in [0.15, 0.2) is 5.78 Å². The molecule has 2 unspecified atom stereocenters. The Morgan fingerprint density at radius 3 is 2.19 bits per heavy atom. The fourth-order valence-corrected chi connectivity index (χ4v) is 6.30. The van der Waals surface area contributed by atoms with Gasteiger partial charge in [-0.25, -0.2) is 8.42 Å². The van der Waals surface area contributed by atoms with Crippen molar-refractivity contribution in [3.8, 4) is 0 Å². The standard InChI is InChI=1S/C13H23OP.C7H8O3S/c14-12-8-4-5-9-13(12)15-10-11-6-2-1-3-7-11;1-6-2-4-7(5-3-6)11(8,9)10/h11,13,15H,1-10H2;2-5H,1H3,(H,8,9,10). The van der Waals surface area contributed by atoms with Crippen molar-refractivity contribution in [2.45, 2.75) is 75.3 Å². The summed E-state index contributed by atoms with van der Waals surface area (Å²) in [5.74, 6) is 1.59. The second-order valence-electron chi connectivity index (χ2n) is 7.56. The summed E-state index contributed by atoms with van der Waals surface area (Å²) in [6.45, 7) is 1.82. The Morgan fingerprint density at radius 1 is 1.00 bits per heavy atom. The lowest BCUT2D eigenvalue weighted by Gasteiger charge is -2.21. The summed E-state index contributed by atoms with van der Waals surface area (Å²) in [6, 6.07) is 5.78. The van der Waals surface area contributed by atoms with Crippen molar-refractivity contribution >= 4 is 24.5 Å². The van der Waals surface area contributed by atoms with Crippen LogP contribution in [0.2, 0.25) is 0 Å². The minimum atomic E-state index is -4.27. The molecule has 0 amide bonds. The highest BCUT2D eigenvalue weighted by Crippen LogP contribution is 2.35. The van der Waals surface area contributed by atoms with Crippen molar-refractivity contribution < 1.29 is 17.8 Å². The summed E-state index contributed by atoms with van der Waals surface area (Å²) in [6.07, 6.45) is 13.3. The van der Waals surface area contributed by atoms with Crippen molar-refractivity contribution in [3.05, 3.63) is 29.8 Å². The molecule has 0 N–H and O–H groups in total. The third-order valence-corrected chi connectivity index (χ3v) is 8.45. The fraction of sp³-hybridized carbons (Fsp3) is 0.650. The van der Waals surface area contributed by atoms with Gasteiger partial charge in [0.05, 0.1) is 11.1 Å². The van der Waals surface area contributed by atoms with Crippen molar-refractivity contribution in [1.82, 2.24) is 0 Å². The van der Waals surface area contributed by atoms with Crippen molar-refractivity contribution in [2.75, 3.05) is 6.16 Å². The predicted octanol–water partition coefficient (Wildman–Crippen LogP) is 4.39. The number of hydrogen-bond acceptors (Lipinski definition) is 4. The van der Waals surface area contributed by atoms with Crippen molar-refractivity contribution in [3.63, 3.8) is 0 Å². The van der Waals surface area contributed by atoms with E-state index >= 15 is 0 Å². The van der Waals surface area contributed by atoms with Crippen LogP contribution in [0.4, 0.5) is 0 Å². The number of hydrogen-bond donors (Lipinski definition) is 0. The van der Waals surface area contributed by atoms with Crippen LogP contribution in [0.3, 0.4) is 0 Å². The van der Waals surface area contributed by atoms with Crippen LogP contribution < -0.4 is 0 Å². The normalized spacial score (nSPS) is 22.2. The third-order valence-electron chi connectivity index (χ3n) is 5.39. The van der Waals surface area contributed by atoms with E-state index in [0.717, 1.165) is 24.3 Å². The molecule has 0 spiro atoms. The van der Waals surface area contributed by atoms with Gasteiger partial charge in [0.2, 0.25) is 0 Å². The Balaban J connectivity index is 0.000000197. The smallest absolute Gasteiger partial charge is 0.172 e. The molecule has 4 nitrogen and oxygen atoms in total. The molecule has 6 heteroatoms. The first-order valence-electron chi connectivity index (χ1n) is 9.75. The lowest BCUT2D eigenvalue weighted by Crippen LogP contribution is -2.21. The molecule has 0 aliphatic heterocycles. The van der Waals surface area contributed by atoms with Gasteiger partial charge in [0.1, 0.15) is 15.8 Å². The molecular weight excluding hydrogens is 367 g/mol. The molecule has 146 valence electrons. The summed E-state index contributed by atoms with van der Waals surface area (Å²) in [4.78, 5) is 11.5. The molecule has 2 aliphatic carbocycles. The van der Waals surface area contributed by atoms with E-state index in [1.807, 2.05) is 6.92 Å². The molecule has 2 atom stereocenters. The van der Waals surface area contributed by atoms with Crippen LogP contribution in [0.1, 0.15) is 63.4 Å². The highest BCUT2D eigenvalue weighted by Gasteiger charge is 2.28. The van der Waals surface area contributed by atoms with Gasteiger partial charge in [-0.1, -0.05) is 37.0 Å². The van der Waals surface area contributed by atoms with E-state index in [-0.39, 0.29) is 4.90 Å². The third kappa shape index (κ3) is 7.46. The van der Waals surface area contributed by atoms with Gasteiger partial charge in [-0.15, -0.1) is 0 Å². The van der Waals surface area contributed by atoms with Gasteiger partial charge in [-0.2, -0.15) is 0 Å². The molecule has 2 fully saturated rings. The molecular formula is C20H31O4PS. The number of carbonyl (C=O) groups is 1. The van der Waals surface area contributed by atoms with E-state index in [0.29, 0.717) is 20.0 Å². The van der Waals surface area contributed by atoms with Gasteiger partial charge in [0, 0.05) is 6.42 Å². The Labute approximate surface area is 159 Å². The second-order valence-corrected chi connectivity index (χ2v) is 10.7. The van der Waals surface area contributed by atoms with Gasteiger partial charge in [-0.3, -0.25) is 4.79 Å². The summed E-state index contributed by atoms with van der Waals surface area (Å²) in [7, 11) is -3.84. The quantitative estimate of drug-likeness (QED) is 0.557. The first-order chi connectivity index (χ1) is 12.4. The minimum Gasteiger partial charge on any atom is -0.744 e. The number of rotatable bonds is 4. The molecule has 26 heavy (non-hydrogen) atoms. The SMILES string of the molecule is Cc1ccc(S(=O)(=O)[O-])cc1.O=C1CCCCC1[PH2+]CC1CCCCC1. The van der Waals surface area contributed by atoms with E-state index in [1.165, 1.54) is 63.2 Å². The monoisotopic (exact) mass is 398 g/mol. The summed E-state index contributed by atoms with van der Waals surface area (Å²) in [5, 5.41) is 0. The van der Waals surface area contributed by atoms with Gasteiger partial charge < -0.3 is 4.55 Å². The second kappa shape index (κ2) is 10.5. The molecule has 2 aliphatic rings. The summed E-state index contributed by atoms with van der Waals surface area (Å²) in [5.41, 5.74) is 1.46. The Hall–Kier alpha value is -0.770. The fourth-order valence-electron chi connectivity index (χ4n) is 3.74. The maximum atomic E-state index is 11.7. The number of aryl methyl sites for hydroxylation is 1. The molecule has 1 aromatic rings. The Morgan fingerprint density at radius 2 is 1.62 bits per heavy atom. The lowest BCUT2D eigenvalue weighted by atomic mass is 9.91. The highest BCUT2D eigenvalue weighted by atomic mass is 32.2. The van der Waals surface area contributed by atoms with Crippen LogP contribution in [-0.2, 0) is 14.9 Å². The van der Waals surface area contributed by atoms with Crippen molar-refractivity contribution in [1.29, 1.82) is 0 Å². The van der Waals surface area contributed by atoms with Crippen LogP contribution in [-0.4, -0.2) is 30.6 Å². The predicted molar refractivity (Wildman–Crippen MR) is 108 cm³/mol. The number of Topliss-reactive ketones (excluding diaryl/α,β-unsaturated/α-hetero) is 1. The van der Waals surface area contributed by atoms with E-state index in [9.17, 15) is 17.8 Å². The van der Waals surface area contributed by atoms with Gasteiger partial charge in [0.25, 0.3) is 0 Å². The number of benzene rings is 1. The average molecular weight is 399 g/mol. The summed E-state index contributed by atoms with van der Waals surface area (Å²) >= 11 is 0. The molecule has 0 bridgehead atoms. The topological polar surface area (TPSA) is 74.3 Å². The van der Waals surface area contributed by atoms with Gasteiger partial charge >= 0.3 is 0 Å². The van der Waals surface area contributed by atoms with Gasteiger partial charge in [-0.05, 0) is 65.7 Å². The zero-order valence-corrected chi connectivity index (χ0v) is 17.6. The maximum absolute atomic E-state index is 11.7. The molecule has 1 aromatic carbocycles. The average Bonchev–Trinajstić information content (AvgIpc) is 2.62. The zero-order chi connectivity index (χ0) is 19.0. The maximum Gasteiger partial charge on any atom is 0.172 e.